The van der Waals surface area contributed by atoms with Gasteiger partial charge in [0, 0.05) is 17.4 Å². The van der Waals surface area contributed by atoms with Crippen LogP contribution in [-0.2, 0) is 0 Å². The van der Waals surface area contributed by atoms with Gasteiger partial charge < -0.3 is 9.72 Å². The van der Waals surface area contributed by atoms with Gasteiger partial charge in [-0.1, -0.05) is 24.2 Å². The van der Waals surface area contributed by atoms with Crippen LogP contribution in [0.5, 0.6) is 0 Å². The van der Waals surface area contributed by atoms with Crippen LogP contribution in [0.1, 0.15) is 10.5 Å². The Bertz CT molecular complexity index is 514. The van der Waals surface area contributed by atoms with E-state index in [1.807, 2.05) is 24.4 Å². The predicted molar refractivity (Wildman–Crippen MR) is 62.5 cm³/mol. The first-order chi connectivity index (χ1) is 7.66. The molecule has 0 bridgehead atoms. The molecule has 0 aliphatic carbocycles. The van der Waals surface area contributed by atoms with Gasteiger partial charge in [-0.05, 0) is 12.1 Å². The Morgan fingerprint density at radius 1 is 1.56 bits per heavy atom. The average molecular weight is 236 g/mol. The molecule has 0 fully saturated rings. The van der Waals surface area contributed by atoms with Gasteiger partial charge in [-0.25, -0.2) is 4.98 Å². The third-order valence-electron chi connectivity index (χ3n) is 2.04. The van der Waals surface area contributed by atoms with Crippen LogP contribution in [0, 0.1) is 0 Å². The van der Waals surface area contributed by atoms with Crippen LogP contribution in [-0.4, -0.2) is 21.8 Å². The Morgan fingerprint density at radius 3 is 3.06 bits per heavy atom. The number of hydrogen-bond donors (Lipinski definition) is 1. The molecule has 4 nitrogen and oxygen atoms in total. The van der Waals surface area contributed by atoms with Crippen molar-refractivity contribution in [1.82, 2.24) is 14.7 Å². The lowest BCUT2D eigenvalue weighted by molar-refractivity contribution is 0.0953. The SMILES string of the molecule is C=C(Cl)CNC(=O)c1cn2ccccc2n1. The van der Waals surface area contributed by atoms with Crippen molar-refractivity contribution < 1.29 is 4.79 Å². The molecular weight excluding hydrogens is 226 g/mol. The van der Waals surface area contributed by atoms with E-state index >= 15 is 0 Å². The minimum atomic E-state index is -0.259. The Hall–Kier alpha value is -1.81. The number of aromatic nitrogens is 2. The fraction of sp³-hybridized carbons (Fsp3) is 0.0909. The number of amides is 1. The van der Waals surface area contributed by atoms with E-state index in [9.17, 15) is 4.79 Å². The van der Waals surface area contributed by atoms with Gasteiger partial charge in [0.25, 0.3) is 5.91 Å². The zero-order chi connectivity index (χ0) is 11.5. The summed E-state index contributed by atoms with van der Waals surface area (Å²) in [5.41, 5.74) is 1.10. The standard InChI is InChI=1S/C11H10ClN3O/c1-8(12)6-13-11(16)9-7-15-5-3-2-4-10(15)14-9/h2-5,7H,1,6H2,(H,13,16). The third-order valence-corrected chi connectivity index (χ3v) is 2.17. The summed E-state index contributed by atoms with van der Waals surface area (Å²) >= 11 is 5.55. The van der Waals surface area contributed by atoms with E-state index in [4.69, 9.17) is 11.6 Å². The highest BCUT2D eigenvalue weighted by molar-refractivity contribution is 6.29. The van der Waals surface area contributed by atoms with Crippen LogP contribution in [0.4, 0.5) is 0 Å². The monoisotopic (exact) mass is 235 g/mol. The molecule has 82 valence electrons. The number of imidazole rings is 1. The molecule has 2 rings (SSSR count). The summed E-state index contributed by atoms with van der Waals surface area (Å²) in [4.78, 5) is 15.8. The van der Waals surface area contributed by atoms with Crippen molar-refractivity contribution in [1.29, 1.82) is 0 Å². The van der Waals surface area contributed by atoms with Gasteiger partial charge in [0.15, 0.2) is 0 Å². The molecule has 0 radical (unpaired) electrons. The van der Waals surface area contributed by atoms with Gasteiger partial charge in [-0.15, -0.1) is 0 Å². The Balaban J connectivity index is 2.20. The van der Waals surface area contributed by atoms with Crippen molar-refractivity contribution >= 4 is 23.2 Å². The van der Waals surface area contributed by atoms with Crippen molar-refractivity contribution in [2.24, 2.45) is 0 Å². The van der Waals surface area contributed by atoms with Crippen molar-refractivity contribution in [3.63, 3.8) is 0 Å². The first-order valence-electron chi connectivity index (χ1n) is 4.72. The number of carbonyl (C=O) groups excluding carboxylic acids is 1. The summed E-state index contributed by atoms with van der Waals surface area (Å²) in [6, 6.07) is 5.57. The van der Waals surface area contributed by atoms with E-state index in [1.54, 1.807) is 10.6 Å². The lowest BCUT2D eigenvalue weighted by atomic mass is 10.4. The number of hydrogen-bond acceptors (Lipinski definition) is 2. The quantitative estimate of drug-likeness (QED) is 0.882. The number of halogens is 1. The van der Waals surface area contributed by atoms with Gasteiger partial charge in [0.05, 0.1) is 6.54 Å². The van der Waals surface area contributed by atoms with Crippen LogP contribution in [0.25, 0.3) is 5.65 Å². The van der Waals surface area contributed by atoms with Crippen LogP contribution in [0.15, 0.2) is 42.2 Å². The molecule has 0 saturated carbocycles. The van der Waals surface area contributed by atoms with E-state index < -0.39 is 0 Å². The Kier molecular flexibility index (Phi) is 2.92. The summed E-state index contributed by atoms with van der Waals surface area (Å²) in [6.45, 7) is 3.73. The second kappa shape index (κ2) is 4.37. The summed E-state index contributed by atoms with van der Waals surface area (Å²) in [6.07, 6.45) is 3.50. The maximum atomic E-state index is 11.6. The molecule has 1 N–H and O–H groups in total. The van der Waals surface area contributed by atoms with Crippen LogP contribution in [0.3, 0.4) is 0 Å². The zero-order valence-electron chi connectivity index (χ0n) is 8.48. The number of fused-ring (bicyclic) bond motifs is 1. The normalized spacial score (nSPS) is 10.3. The number of rotatable bonds is 3. The first-order valence-corrected chi connectivity index (χ1v) is 5.10. The van der Waals surface area contributed by atoms with Gasteiger partial charge in [-0.2, -0.15) is 0 Å². The lowest BCUT2D eigenvalue weighted by Crippen LogP contribution is -2.24. The van der Waals surface area contributed by atoms with Gasteiger partial charge in [0.2, 0.25) is 0 Å². The molecule has 0 aromatic carbocycles. The largest absolute Gasteiger partial charge is 0.346 e. The van der Waals surface area contributed by atoms with Gasteiger partial charge in [0.1, 0.15) is 11.3 Å². The third kappa shape index (κ3) is 2.23. The van der Waals surface area contributed by atoms with Crippen molar-refractivity contribution in [2.45, 2.75) is 0 Å². The summed E-state index contributed by atoms with van der Waals surface area (Å²) in [7, 11) is 0. The highest BCUT2D eigenvalue weighted by atomic mass is 35.5. The predicted octanol–water partition coefficient (Wildman–Crippen LogP) is 1.82. The maximum Gasteiger partial charge on any atom is 0.271 e. The average Bonchev–Trinajstić information content (AvgIpc) is 2.69. The lowest BCUT2D eigenvalue weighted by Gasteiger charge is -1.99. The minimum absolute atomic E-state index is 0.244. The molecule has 5 heteroatoms. The van der Waals surface area contributed by atoms with Crippen molar-refractivity contribution in [3.05, 3.63) is 47.9 Å². The van der Waals surface area contributed by atoms with Crippen molar-refractivity contribution in [2.75, 3.05) is 6.54 Å². The van der Waals surface area contributed by atoms with E-state index in [-0.39, 0.29) is 12.5 Å². The van der Waals surface area contributed by atoms with Crippen LogP contribution >= 0.6 is 11.6 Å². The number of pyridine rings is 1. The number of nitrogens with zero attached hydrogens (tertiary/aromatic N) is 2. The molecular formula is C11H10ClN3O. The van der Waals surface area contributed by atoms with E-state index in [0.29, 0.717) is 10.7 Å². The molecule has 0 saturated heterocycles. The van der Waals surface area contributed by atoms with E-state index in [0.717, 1.165) is 5.65 Å². The molecule has 2 heterocycles. The van der Waals surface area contributed by atoms with Crippen LogP contribution < -0.4 is 5.32 Å². The van der Waals surface area contributed by atoms with E-state index in [2.05, 4.69) is 16.9 Å². The topological polar surface area (TPSA) is 46.4 Å². The molecule has 2 aromatic rings. The maximum absolute atomic E-state index is 11.6. The minimum Gasteiger partial charge on any atom is -0.346 e. The second-order valence-electron chi connectivity index (χ2n) is 3.29. The van der Waals surface area contributed by atoms with Crippen LogP contribution in [0.2, 0.25) is 0 Å². The van der Waals surface area contributed by atoms with Crippen molar-refractivity contribution in [3.8, 4) is 0 Å². The van der Waals surface area contributed by atoms with E-state index in [1.165, 1.54) is 0 Å². The summed E-state index contributed by atoms with van der Waals surface area (Å²) in [5.74, 6) is -0.259. The number of carbonyl (C=O) groups is 1. The Labute approximate surface area is 97.6 Å². The number of nitrogens with one attached hydrogen (secondary N) is 1. The second-order valence-corrected chi connectivity index (χ2v) is 3.83. The molecule has 0 spiro atoms. The fourth-order valence-electron chi connectivity index (χ4n) is 1.31. The summed E-state index contributed by atoms with van der Waals surface area (Å²) in [5, 5.41) is 3.00. The molecule has 1 amide bonds. The smallest absolute Gasteiger partial charge is 0.271 e. The summed E-state index contributed by atoms with van der Waals surface area (Å²) < 4.78 is 1.78. The molecule has 0 aliphatic rings. The first kappa shape index (κ1) is 10.7. The molecule has 16 heavy (non-hydrogen) atoms. The molecule has 0 unspecified atom stereocenters. The molecule has 0 atom stereocenters. The highest BCUT2D eigenvalue weighted by Crippen LogP contribution is 2.04. The zero-order valence-corrected chi connectivity index (χ0v) is 9.24. The Morgan fingerprint density at radius 2 is 2.38 bits per heavy atom. The molecule has 2 aromatic heterocycles. The van der Waals surface area contributed by atoms with Gasteiger partial charge in [-0.3, -0.25) is 4.79 Å². The highest BCUT2D eigenvalue weighted by Gasteiger charge is 2.09. The van der Waals surface area contributed by atoms with Gasteiger partial charge >= 0.3 is 0 Å². The fourth-order valence-corrected chi connectivity index (χ4v) is 1.38. The molecule has 0 aliphatic heterocycles.